The molecule has 1 unspecified atom stereocenters. The van der Waals surface area contributed by atoms with Gasteiger partial charge in [-0.05, 0) is 0 Å². The Morgan fingerprint density at radius 1 is 1.13 bits per heavy atom. The Morgan fingerprint density at radius 3 is 2.73 bits per heavy atom. The van der Waals surface area contributed by atoms with Crippen LogP contribution < -0.4 is 26.6 Å². The molecule has 2 aromatic rings. The normalized spacial score (nSPS) is 26.2. The van der Waals surface area contributed by atoms with Gasteiger partial charge in [-0.3, -0.25) is 0 Å². The molecule has 0 amide bonds. The summed E-state index contributed by atoms with van der Waals surface area (Å²) >= 11 is -0.653. The van der Waals surface area contributed by atoms with Crippen LogP contribution in [-0.2, 0) is 3.07 Å². The Kier molecular flexibility index (Phi) is 7.56. The zero-order valence-corrected chi connectivity index (χ0v) is 19.9. The summed E-state index contributed by atoms with van der Waals surface area (Å²) in [4.78, 5) is 7.19. The number of fused-ring (bicyclic) bond motifs is 1. The second-order valence-electron chi connectivity index (χ2n) is 8.25. The fourth-order valence-electron chi connectivity index (χ4n) is 4.79. The quantitative estimate of drug-likeness (QED) is 0.444. The van der Waals surface area contributed by atoms with Gasteiger partial charge in [-0.2, -0.15) is 0 Å². The fraction of sp³-hybridized carbons (Fsp3) is 0.565. The van der Waals surface area contributed by atoms with Gasteiger partial charge in [0, 0.05) is 0 Å². The van der Waals surface area contributed by atoms with Gasteiger partial charge in [-0.1, -0.05) is 0 Å². The van der Waals surface area contributed by atoms with Crippen LogP contribution in [0.4, 0.5) is 0 Å². The van der Waals surface area contributed by atoms with Crippen molar-refractivity contribution in [1.82, 2.24) is 9.88 Å². The summed E-state index contributed by atoms with van der Waals surface area (Å²) in [7, 11) is 3.38. The molecule has 2 aliphatic rings. The van der Waals surface area contributed by atoms with Crippen LogP contribution >= 0.6 is 0 Å². The number of aliphatic hydroxyl groups excluding tert-OH is 1. The number of ether oxygens (including phenoxy) is 1. The Morgan fingerprint density at radius 2 is 1.97 bits per heavy atom. The Balaban J connectivity index is 1.57. The molecular weight excluding hydrogens is 493 g/mol. The van der Waals surface area contributed by atoms with Gasteiger partial charge in [0.2, 0.25) is 0 Å². The van der Waals surface area contributed by atoms with Crippen molar-refractivity contribution < 1.29 is 34.8 Å². The van der Waals surface area contributed by atoms with E-state index in [1.165, 1.54) is 17.7 Å². The molecule has 0 radical (unpaired) electrons. The third-order valence-corrected chi connectivity index (χ3v) is 7.50. The second-order valence-corrected chi connectivity index (χ2v) is 10.0. The third kappa shape index (κ3) is 5.12. The predicted molar refractivity (Wildman–Crippen MR) is 114 cm³/mol. The van der Waals surface area contributed by atoms with E-state index in [0.29, 0.717) is 17.8 Å². The maximum absolute atomic E-state index is 9.87. The predicted octanol–water partition coefficient (Wildman–Crippen LogP) is 0.613. The van der Waals surface area contributed by atoms with Crippen molar-refractivity contribution in [3.05, 3.63) is 35.9 Å². The molecule has 4 rings (SSSR count). The molecule has 1 atom stereocenters. The maximum atomic E-state index is 9.87. The number of hydrogen-bond acceptors (Lipinski definition) is 6. The first-order valence-electron chi connectivity index (χ1n) is 10.8. The molecular formula is C23H31IN3O3-. The van der Waals surface area contributed by atoms with Crippen molar-refractivity contribution in [2.24, 2.45) is 9.12 Å². The topological polar surface area (TPSA) is 67.2 Å². The number of likely N-dealkylation sites (tertiary alicyclic amines) is 1. The van der Waals surface area contributed by atoms with E-state index in [1.807, 2.05) is 6.07 Å². The number of methoxy groups -OCH3 is 1. The van der Waals surface area contributed by atoms with Crippen LogP contribution in [0.25, 0.3) is 10.9 Å². The van der Waals surface area contributed by atoms with E-state index in [4.69, 9.17) is 11.0 Å². The molecule has 6 nitrogen and oxygen atoms in total. The molecule has 2 heterocycles. The number of pyridine rings is 1. The van der Waals surface area contributed by atoms with Crippen molar-refractivity contribution in [1.29, 1.82) is 0 Å². The molecule has 1 aliphatic carbocycles. The summed E-state index contributed by atoms with van der Waals surface area (Å²) in [6.07, 6.45) is 6.34. The van der Waals surface area contributed by atoms with Crippen LogP contribution in [0, 0.1) is 5.92 Å². The molecule has 1 saturated carbocycles. The summed E-state index contributed by atoms with van der Waals surface area (Å²) in [6.45, 7) is 2.21. The average molecular weight is 524 g/mol. The number of piperidine rings is 1. The van der Waals surface area contributed by atoms with Gasteiger partial charge in [-0.15, -0.1) is 0 Å². The van der Waals surface area contributed by atoms with Gasteiger partial charge < -0.3 is 0 Å². The minimum atomic E-state index is -0.653. The zero-order valence-electron chi connectivity index (χ0n) is 17.8. The summed E-state index contributed by atoms with van der Waals surface area (Å²) < 4.78 is 15.6. The number of halogens is 1. The van der Waals surface area contributed by atoms with Gasteiger partial charge in [-0.25, -0.2) is 0 Å². The molecule has 1 saturated heterocycles. The summed E-state index contributed by atoms with van der Waals surface area (Å²) in [5.41, 5.74) is 3.30. The Bertz CT molecular complexity index is 883. The summed E-state index contributed by atoms with van der Waals surface area (Å²) in [6, 6.07) is 11.0. The van der Waals surface area contributed by atoms with E-state index in [0.717, 1.165) is 56.1 Å². The monoisotopic (exact) mass is 524 g/mol. The van der Waals surface area contributed by atoms with E-state index in [-0.39, 0.29) is 6.10 Å². The van der Waals surface area contributed by atoms with E-state index in [1.54, 1.807) is 14.2 Å². The van der Waals surface area contributed by atoms with Gasteiger partial charge in [0.25, 0.3) is 0 Å². The van der Waals surface area contributed by atoms with Crippen LogP contribution in [0.15, 0.2) is 33.5 Å². The van der Waals surface area contributed by atoms with Crippen molar-refractivity contribution in [3.63, 3.8) is 0 Å². The minimum absolute atomic E-state index is 0.102. The zero-order chi connectivity index (χ0) is 20.9. The average Bonchev–Trinajstić information content (AvgIpc) is 2.79. The van der Waals surface area contributed by atoms with Crippen LogP contribution in [-0.4, -0.2) is 60.2 Å². The van der Waals surface area contributed by atoms with Gasteiger partial charge in [0.1, 0.15) is 0 Å². The molecule has 164 valence electrons. The van der Waals surface area contributed by atoms with Crippen LogP contribution in [0.1, 0.15) is 44.1 Å². The molecule has 1 aliphatic heterocycles. The van der Waals surface area contributed by atoms with Gasteiger partial charge >= 0.3 is 190 Å². The van der Waals surface area contributed by atoms with Crippen molar-refractivity contribution >= 4 is 16.6 Å². The molecule has 1 N–H and O–H groups in total. The van der Waals surface area contributed by atoms with Crippen LogP contribution in [0.2, 0.25) is 0 Å². The molecule has 0 spiro atoms. The molecule has 7 heteroatoms. The Labute approximate surface area is 189 Å². The number of nitrogens with zero attached hydrogens (tertiary/aromatic N) is 3. The van der Waals surface area contributed by atoms with Crippen LogP contribution in [0.3, 0.4) is 0 Å². The molecule has 0 bridgehead atoms. The SMILES string of the molecule is CO[I-]/N=C(/c1ccc2nc(OC)ccc2c1)C1CCCN(C2CCC(O)CC2)C1. The number of rotatable bonds is 6. The first kappa shape index (κ1) is 21.9. The molecule has 30 heavy (non-hydrogen) atoms. The number of aliphatic hydroxyl groups is 1. The number of hydrogen-bond donors (Lipinski definition) is 1. The van der Waals surface area contributed by atoms with E-state index >= 15 is 0 Å². The van der Waals surface area contributed by atoms with E-state index < -0.39 is 21.9 Å². The third-order valence-electron chi connectivity index (χ3n) is 6.39. The fourth-order valence-corrected chi connectivity index (χ4v) is 5.87. The number of aromatic nitrogens is 1. The van der Waals surface area contributed by atoms with Crippen LogP contribution in [0.5, 0.6) is 5.88 Å². The van der Waals surface area contributed by atoms with Crippen molar-refractivity contribution in [3.8, 4) is 5.88 Å². The summed E-state index contributed by atoms with van der Waals surface area (Å²) in [5.74, 6) is 1.05. The number of benzene rings is 1. The first-order chi connectivity index (χ1) is 14.7. The van der Waals surface area contributed by atoms with E-state index in [2.05, 4.69) is 34.1 Å². The van der Waals surface area contributed by atoms with Crippen molar-refractivity contribution in [2.75, 3.05) is 27.3 Å². The van der Waals surface area contributed by atoms with Crippen molar-refractivity contribution in [2.45, 2.75) is 50.7 Å². The standard InChI is InChI=1S/C23H31IN3O3/c1-29-22-12-6-16-14-17(5-11-21(16)25-22)23(26-24-30-2)18-4-3-13-27(15-18)19-7-9-20(28)10-8-19/h5-6,11-12,14,18-20,28H,3-4,7-10,13,15H2,1-2H3/q-1/b26-23-. The molecule has 1 aromatic carbocycles. The van der Waals surface area contributed by atoms with Gasteiger partial charge in [0.05, 0.1) is 0 Å². The van der Waals surface area contributed by atoms with E-state index in [9.17, 15) is 5.11 Å². The molecule has 2 fully saturated rings. The second kappa shape index (κ2) is 10.3. The molecule has 1 aromatic heterocycles. The first-order valence-corrected chi connectivity index (χ1v) is 12.6. The summed E-state index contributed by atoms with van der Waals surface area (Å²) in [5, 5.41) is 11.0. The van der Waals surface area contributed by atoms with Gasteiger partial charge in [0.15, 0.2) is 0 Å². The Hall–Kier alpha value is -1.29.